The molecule has 3 nitrogen and oxygen atoms in total. The summed E-state index contributed by atoms with van der Waals surface area (Å²) in [6, 6.07) is 26.0. The highest BCUT2D eigenvalue weighted by molar-refractivity contribution is 6.30. The molecule has 29 heavy (non-hydrogen) atoms. The van der Waals surface area contributed by atoms with Crippen LogP contribution in [-0.2, 0) is 29.3 Å². The summed E-state index contributed by atoms with van der Waals surface area (Å²) < 4.78 is 5.87. The van der Waals surface area contributed by atoms with Crippen molar-refractivity contribution in [3.63, 3.8) is 0 Å². The fourth-order valence-corrected chi connectivity index (χ4v) is 3.73. The van der Waals surface area contributed by atoms with Gasteiger partial charge in [-0.25, -0.2) is 0 Å². The van der Waals surface area contributed by atoms with Crippen molar-refractivity contribution in [1.82, 2.24) is 5.32 Å². The molecule has 2 unspecified atom stereocenters. The van der Waals surface area contributed by atoms with Crippen molar-refractivity contribution in [3.05, 3.63) is 106 Å². The molecule has 3 aromatic carbocycles. The average Bonchev–Trinajstić information content (AvgIpc) is 3.55. The molecular weight excluding hydrogens is 382 g/mol. The fourth-order valence-electron chi connectivity index (χ4n) is 3.60. The largest absolute Gasteiger partial charge is 0.372 e. The molecular formula is C25H24ClNO2. The fraction of sp³-hybridized carbons (Fsp3) is 0.240. The molecule has 0 saturated heterocycles. The SMILES string of the molecule is O=C(NCc1ccccc1COCc1ccccc1)C1CC1c1ccc(Cl)cc1. The quantitative estimate of drug-likeness (QED) is 0.539. The first-order valence-corrected chi connectivity index (χ1v) is 10.3. The second-order valence-electron chi connectivity index (χ2n) is 7.47. The van der Waals surface area contributed by atoms with E-state index in [-0.39, 0.29) is 11.8 Å². The summed E-state index contributed by atoms with van der Waals surface area (Å²) in [5.74, 6) is 0.472. The lowest BCUT2D eigenvalue weighted by Gasteiger charge is -2.11. The minimum Gasteiger partial charge on any atom is -0.372 e. The lowest BCUT2D eigenvalue weighted by atomic mass is 10.1. The molecule has 4 heteroatoms. The molecule has 0 aliphatic heterocycles. The Kier molecular flexibility index (Phi) is 6.28. The van der Waals surface area contributed by atoms with Crippen LogP contribution in [0.4, 0.5) is 0 Å². The Morgan fingerprint density at radius 3 is 2.34 bits per heavy atom. The molecule has 1 N–H and O–H groups in total. The van der Waals surface area contributed by atoms with E-state index in [0.29, 0.717) is 25.7 Å². The summed E-state index contributed by atoms with van der Waals surface area (Å²) in [6.07, 6.45) is 0.898. The number of ether oxygens (including phenoxy) is 1. The van der Waals surface area contributed by atoms with Crippen molar-refractivity contribution >= 4 is 17.5 Å². The molecule has 0 spiro atoms. The number of nitrogens with one attached hydrogen (secondary N) is 1. The summed E-state index contributed by atoms with van der Waals surface area (Å²) in [6.45, 7) is 1.62. The Morgan fingerprint density at radius 1 is 0.897 bits per heavy atom. The van der Waals surface area contributed by atoms with Gasteiger partial charge < -0.3 is 10.1 Å². The van der Waals surface area contributed by atoms with Crippen molar-refractivity contribution in [2.75, 3.05) is 0 Å². The summed E-state index contributed by atoms with van der Waals surface area (Å²) >= 11 is 5.95. The zero-order chi connectivity index (χ0) is 20.1. The molecule has 1 fully saturated rings. The van der Waals surface area contributed by atoms with E-state index in [1.165, 1.54) is 5.56 Å². The van der Waals surface area contributed by atoms with Gasteiger partial charge in [-0.3, -0.25) is 4.79 Å². The molecule has 1 aliphatic rings. The van der Waals surface area contributed by atoms with E-state index in [1.54, 1.807) is 0 Å². The first-order valence-electron chi connectivity index (χ1n) is 9.92. The van der Waals surface area contributed by atoms with E-state index >= 15 is 0 Å². The molecule has 0 aromatic heterocycles. The van der Waals surface area contributed by atoms with Crippen molar-refractivity contribution < 1.29 is 9.53 Å². The lowest BCUT2D eigenvalue weighted by Crippen LogP contribution is -2.25. The third-order valence-corrected chi connectivity index (χ3v) is 5.62. The average molecular weight is 406 g/mol. The highest BCUT2D eigenvalue weighted by Gasteiger charge is 2.43. The number of carbonyl (C=O) groups excluding carboxylic acids is 1. The normalized spacial score (nSPS) is 17.7. The van der Waals surface area contributed by atoms with Gasteiger partial charge in [-0.2, -0.15) is 0 Å². The van der Waals surface area contributed by atoms with Gasteiger partial charge in [0, 0.05) is 17.5 Å². The van der Waals surface area contributed by atoms with E-state index in [9.17, 15) is 4.79 Å². The molecule has 4 rings (SSSR count). The second-order valence-corrected chi connectivity index (χ2v) is 7.90. The van der Waals surface area contributed by atoms with Crippen LogP contribution >= 0.6 is 11.6 Å². The molecule has 0 heterocycles. The van der Waals surface area contributed by atoms with Gasteiger partial charge in [-0.1, -0.05) is 78.3 Å². The number of halogens is 1. The maximum absolute atomic E-state index is 12.6. The maximum Gasteiger partial charge on any atom is 0.224 e. The highest BCUT2D eigenvalue weighted by Crippen LogP contribution is 2.47. The third kappa shape index (κ3) is 5.26. The molecule has 3 aromatic rings. The lowest BCUT2D eigenvalue weighted by molar-refractivity contribution is -0.122. The van der Waals surface area contributed by atoms with Gasteiger partial charge in [0.05, 0.1) is 13.2 Å². The molecule has 148 valence electrons. The summed E-state index contributed by atoms with van der Waals surface area (Å²) in [5, 5.41) is 3.82. The van der Waals surface area contributed by atoms with E-state index in [0.717, 1.165) is 28.1 Å². The Morgan fingerprint density at radius 2 is 1.59 bits per heavy atom. The zero-order valence-electron chi connectivity index (χ0n) is 16.2. The van der Waals surface area contributed by atoms with E-state index in [2.05, 4.69) is 23.5 Å². The summed E-state index contributed by atoms with van der Waals surface area (Å²) in [7, 11) is 0. The number of benzene rings is 3. The van der Waals surface area contributed by atoms with Crippen LogP contribution in [0.1, 0.15) is 34.6 Å². The van der Waals surface area contributed by atoms with Crippen molar-refractivity contribution in [2.24, 2.45) is 5.92 Å². The Bertz CT molecular complexity index is 956. The number of carbonyl (C=O) groups is 1. The first-order chi connectivity index (χ1) is 14.2. The molecule has 2 atom stereocenters. The maximum atomic E-state index is 12.6. The predicted molar refractivity (Wildman–Crippen MR) is 116 cm³/mol. The smallest absolute Gasteiger partial charge is 0.224 e. The molecule has 1 saturated carbocycles. The number of amides is 1. The van der Waals surface area contributed by atoms with Crippen LogP contribution in [-0.4, -0.2) is 5.91 Å². The summed E-state index contributed by atoms with van der Waals surface area (Å²) in [5.41, 5.74) is 4.54. The van der Waals surface area contributed by atoms with Gasteiger partial charge in [0.1, 0.15) is 0 Å². The van der Waals surface area contributed by atoms with Gasteiger partial charge >= 0.3 is 0 Å². The van der Waals surface area contributed by atoms with Crippen molar-refractivity contribution in [1.29, 1.82) is 0 Å². The first kappa shape index (κ1) is 19.7. The highest BCUT2D eigenvalue weighted by atomic mass is 35.5. The standard InChI is InChI=1S/C25H24ClNO2/c26-22-12-10-19(11-13-22)23-14-24(23)25(28)27-15-20-8-4-5-9-21(20)17-29-16-18-6-2-1-3-7-18/h1-13,23-24H,14-17H2,(H,27,28). The molecule has 0 radical (unpaired) electrons. The van der Waals surface area contributed by atoms with E-state index in [1.807, 2.05) is 60.7 Å². The molecule has 1 amide bonds. The minimum atomic E-state index is 0.0534. The number of rotatable bonds is 8. The van der Waals surface area contributed by atoms with Crippen LogP contribution in [0.25, 0.3) is 0 Å². The molecule has 0 bridgehead atoms. The monoisotopic (exact) mass is 405 g/mol. The number of hydrogen-bond donors (Lipinski definition) is 1. The number of hydrogen-bond acceptors (Lipinski definition) is 2. The topological polar surface area (TPSA) is 38.3 Å². The predicted octanol–water partition coefficient (Wildman–Crippen LogP) is 5.48. The van der Waals surface area contributed by atoms with Crippen LogP contribution in [0.3, 0.4) is 0 Å². The Labute approximate surface area is 176 Å². The van der Waals surface area contributed by atoms with Crippen LogP contribution in [0, 0.1) is 5.92 Å². The second kappa shape index (κ2) is 9.25. The van der Waals surface area contributed by atoms with Crippen LogP contribution < -0.4 is 5.32 Å². The van der Waals surface area contributed by atoms with Crippen LogP contribution in [0.5, 0.6) is 0 Å². The van der Waals surface area contributed by atoms with Gasteiger partial charge in [-0.05, 0) is 46.7 Å². The van der Waals surface area contributed by atoms with Gasteiger partial charge in [0.25, 0.3) is 0 Å². The van der Waals surface area contributed by atoms with Crippen molar-refractivity contribution in [3.8, 4) is 0 Å². The third-order valence-electron chi connectivity index (χ3n) is 5.37. The van der Waals surface area contributed by atoms with Gasteiger partial charge in [-0.15, -0.1) is 0 Å². The minimum absolute atomic E-state index is 0.0534. The Balaban J connectivity index is 1.28. The van der Waals surface area contributed by atoms with E-state index in [4.69, 9.17) is 16.3 Å². The molecule has 1 aliphatic carbocycles. The zero-order valence-corrected chi connectivity index (χ0v) is 16.9. The van der Waals surface area contributed by atoms with Crippen LogP contribution in [0.2, 0.25) is 5.02 Å². The Hall–Kier alpha value is -2.62. The van der Waals surface area contributed by atoms with Gasteiger partial charge in [0.2, 0.25) is 5.91 Å². The van der Waals surface area contributed by atoms with Crippen LogP contribution in [0.15, 0.2) is 78.9 Å². The van der Waals surface area contributed by atoms with Gasteiger partial charge in [0.15, 0.2) is 0 Å². The van der Waals surface area contributed by atoms with E-state index < -0.39 is 0 Å². The summed E-state index contributed by atoms with van der Waals surface area (Å²) in [4.78, 5) is 12.6. The van der Waals surface area contributed by atoms with Crippen molar-refractivity contribution in [2.45, 2.75) is 32.1 Å².